The van der Waals surface area contributed by atoms with Gasteiger partial charge >= 0.3 is 0 Å². The van der Waals surface area contributed by atoms with Crippen LogP contribution in [0, 0.1) is 27.9 Å². The zero-order chi connectivity index (χ0) is 15.7. The van der Waals surface area contributed by atoms with E-state index >= 15 is 0 Å². The van der Waals surface area contributed by atoms with E-state index in [1.54, 1.807) is 18.2 Å². The fraction of sp³-hybridized carbons (Fsp3) is 0.588. The van der Waals surface area contributed by atoms with Crippen molar-refractivity contribution in [2.24, 2.45) is 17.8 Å². The number of rotatable bonds is 5. The lowest BCUT2D eigenvalue weighted by atomic mass is 9.84. The first-order valence-corrected chi connectivity index (χ1v) is 8.06. The Balaban J connectivity index is 1.60. The van der Waals surface area contributed by atoms with E-state index in [1.807, 2.05) is 0 Å². The SMILES string of the molecule is CC(NC(=O)Cc1ccccc1[N+](=O)[O-])C1CC2CCC1C2. The number of nitro groups is 1. The molecule has 0 aliphatic heterocycles. The summed E-state index contributed by atoms with van der Waals surface area (Å²) in [7, 11) is 0. The molecule has 0 saturated heterocycles. The number of nitro benzene ring substituents is 1. The first-order chi connectivity index (χ1) is 10.5. The summed E-state index contributed by atoms with van der Waals surface area (Å²) in [6.07, 6.45) is 5.24. The van der Waals surface area contributed by atoms with E-state index in [1.165, 1.54) is 31.7 Å². The summed E-state index contributed by atoms with van der Waals surface area (Å²) in [5, 5.41) is 14.1. The minimum absolute atomic E-state index is 0.0187. The highest BCUT2D eigenvalue weighted by molar-refractivity contribution is 5.80. The molecule has 3 rings (SSSR count). The molecule has 2 aliphatic rings. The van der Waals surface area contributed by atoms with Gasteiger partial charge in [-0.25, -0.2) is 0 Å². The van der Waals surface area contributed by atoms with Crippen molar-refractivity contribution in [2.75, 3.05) is 0 Å². The highest BCUT2D eigenvalue weighted by atomic mass is 16.6. The van der Waals surface area contributed by atoms with Crippen molar-refractivity contribution in [2.45, 2.75) is 45.1 Å². The fourth-order valence-corrected chi connectivity index (χ4v) is 4.33. The third-order valence-corrected chi connectivity index (χ3v) is 5.36. The van der Waals surface area contributed by atoms with Gasteiger partial charge in [-0.2, -0.15) is 0 Å². The summed E-state index contributed by atoms with van der Waals surface area (Å²) in [6.45, 7) is 2.07. The molecule has 5 heteroatoms. The number of benzene rings is 1. The van der Waals surface area contributed by atoms with Gasteiger partial charge in [-0.05, 0) is 43.9 Å². The van der Waals surface area contributed by atoms with Crippen LogP contribution in [-0.4, -0.2) is 16.9 Å². The van der Waals surface area contributed by atoms with Crippen molar-refractivity contribution in [3.8, 4) is 0 Å². The van der Waals surface area contributed by atoms with Gasteiger partial charge in [-0.3, -0.25) is 14.9 Å². The summed E-state index contributed by atoms with van der Waals surface area (Å²) >= 11 is 0. The molecule has 0 radical (unpaired) electrons. The van der Waals surface area contributed by atoms with Crippen molar-refractivity contribution in [3.05, 3.63) is 39.9 Å². The van der Waals surface area contributed by atoms with Crippen LogP contribution in [0.25, 0.3) is 0 Å². The van der Waals surface area contributed by atoms with Crippen LogP contribution >= 0.6 is 0 Å². The predicted octanol–water partition coefficient (Wildman–Crippen LogP) is 3.08. The molecule has 1 N–H and O–H groups in total. The van der Waals surface area contributed by atoms with Crippen molar-refractivity contribution >= 4 is 11.6 Å². The molecule has 2 saturated carbocycles. The number of hydrogen-bond donors (Lipinski definition) is 1. The molecule has 0 aromatic heterocycles. The summed E-state index contributed by atoms with van der Waals surface area (Å²) in [5.74, 6) is 2.06. The van der Waals surface area contributed by atoms with Gasteiger partial charge in [0.2, 0.25) is 5.91 Å². The summed E-state index contributed by atoms with van der Waals surface area (Å²) in [5.41, 5.74) is 0.496. The van der Waals surface area contributed by atoms with Gasteiger partial charge in [0.25, 0.3) is 5.69 Å². The van der Waals surface area contributed by atoms with Crippen molar-refractivity contribution < 1.29 is 9.72 Å². The molecule has 4 atom stereocenters. The maximum Gasteiger partial charge on any atom is 0.273 e. The minimum atomic E-state index is -0.429. The summed E-state index contributed by atoms with van der Waals surface area (Å²) in [6, 6.07) is 6.61. The quantitative estimate of drug-likeness (QED) is 0.671. The summed E-state index contributed by atoms with van der Waals surface area (Å²) in [4.78, 5) is 22.8. The molecular formula is C17H22N2O3. The van der Waals surface area contributed by atoms with E-state index in [-0.39, 0.29) is 24.1 Å². The topological polar surface area (TPSA) is 72.2 Å². The van der Waals surface area contributed by atoms with Gasteiger partial charge in [-0.15, -0.1) is 0 Å². The standard InChI is InChI=1S/C17H22N2O3/c1-11(15-9-12-6-7-13(15)8-12)18-17(20)10-14-4-2-3-5-16(14)19(21)22/h2-5,11-13,15H,6-10H2,1H3,(H,18,20). The molecule has 2 bridgehead atoms. The minimum Gasteiger partial charge on any atom is -0.353 e. The molecule has 5 nitrogen and oxygen atoms in total. The van der Waals surface area contributed by atoms with E-state index in [9.17, 15) is 14.9 Å². The van der Waals surface area contributed by atoms with Gasteiger partial charge in [0.15, 0.2) is 0 Å². The first kappa shape index (κ1) is 15.0. The van der Waals surface area contributed by atoms with Gasteiger partial charge < -0.3 is 5.32 Å². The molecule has 4 unspecified atom stereocenters. The van der Waals surface area contributed by atoms with Crippen LogP contribution in [0.1, 0.15) is 38.2 Å². The first-order valence-electron chi connectivity index (χ1n) is 8.06. The average Bonchev–Trinajstić information content (AvgIpc) is 3.10. The Labute approximate surface area is 130 Å². The molecule has 1 aromatic carbocycles. The zero-order valence-electron chi connectivity index (χ0n) is 12.8. The maximum atomic E-state index is 12.2. The van der Waals surface area contributed by atoms with Crippen molar-refractivity contribution in [1.82, 2.24) is 5.32 Å². The van der Waals surface area contributed by atoms with Gasteiger partial charge in [0.05, 0.1) is 11.3 Å². The van der Waals surface area contributed by atoms with E-state index in [0.717, 1.165) is 11.8 Å². The van der Waals surface area contributed by atoms with Crippen LogP contribution in [0.5, 0.6) is 0 Å². The zero-order valence-corrected chi connectivity index (χ0v) is 12.8. The molecule has 0 heterocycles. The van der Waals surface area contributed by atoms with Crippen molar-refractivity contribution in [1.29, 1.82) is 0 Å². The highest BCUT2D eigenvalue weighted by Gasteiger charge is 2.42. The fourth-order valence-electron chi connectivity index (χ4n) is 4.33. The number of fused-ring (bicyclic) bond motifs is 2. The number of nitrogens with one attached hydrogen (secondary N) is 1. The number of carbonyl (C=O) groups excluding carboxylic acids is 1. The Morgan fingerprint density at radius 3 is 2.77 bits per heavy atom. The third kappa shape index (κ3) is 2.98. The molecule has 22 heavy (non-hydrogen) atoms. The molecule has 2 aliphatic carbocycles. The van der Waals surface area contributed by atoms with Crippen LogP contribution in [-0.2, 0) is 11.2 Å². The second kappa shape index (κ2) is 6.07. The molecular weight excluding hydrogens is 280 g/mol. The third-order valence-electron chi connectivity index (χ3n) is 5.36. The highest BCUT2D eigenvalue weighted by Crippen LogP contribution is 2.49. The number of nitrogens with zero attached hydrogens (tertiary/aromatic N) is 1. The van der Waals surface area contributed by atoms with Crippen LogP contribution < -0.4 is 5.32 Å². The lowest BCUT2D eigenvalue weighted by Crippen LogP contribution is -2.40. The number of carbonyl (C=O) groups is 1. The molecule has 1 amide bonds. The largest absolute Gasteiger partial charge is 0.353 e. The van der Waals surface area contributed by atoms with E-state index in [0.29, 0.717) is 11.5 Å². The number of hydrogen-bond acceptors (Lipinski definition) is 3. The van der Waals surface area contributed by atoms with E-state index in [4.69, 9.17) is 0 Å². The second-order valence-electron chi connectivity index (χ2n) is 6.76. The lowest BCUT2D eigenvalue weighted by molar-refractivity contribution is -0.385. The van der Waals surface area contributed by atoms with Crippen molar-refractivity contribution in [3.63, 3.8) is 0 Å². The summed E-state index contributed by atoms with van der Waals surface area (Å²) < 4.78 is 0. The normalized spacial score (nSPS) is 27.6. The van der Waals surface area contributed by atoms with E-state index in [2.05, 4.69) is 12.2 Å². The molecule has 0 spiro atoms. The molecule has 1 aromatic rings. The molecule has 2 fully saturated rings. The Kier molecular flexibility index (Phi) is 4.14. The monoisotopic (exact) mass is 302 g/mol. The van der Waals surface area contributed by atoms with Gasteiger partial charge in [0, 0.05) is 17.7 Å². The van der Waals surface area contributed by atoms with E-state index < -0.39 is 4.92 Å². The van der Waals surface area contributed by atoms with Crippen LogP contribution in [0.4, 0.5) is 5.69 Å². The Bertz CT molecular complexity index is 587. The van der Waals surface area contributed by atoms with Crippen LogP contribution in [0.2, 0.25) is 0 Å². The Hall–Kier alpha value is -1.91. The van der Waals surface area contributed by atoms with Crippen LogP contribution in [0.15, 0.2) is 24.3 Å². The number of amides is 1. The smallest absolute Gasteiger partial charge is 0.273 e. The second-order valence-corrected chi connectivity index (χ2v) is 6.76. The Morgan fingerprint density at radius 2 is 2.14 bits per heavy atom. The Morgan fingerprint density at radius 1 is 1.36 bits per heavy atom. The predicted molar refractivity (Wildman–Crippen MR) is 83.3 cm³/mol. The van der Waals surface area contributed by atoms with Crippen LogP contribution in [0.3, 0.4) is 0 Å². The van der Waals surface area contributed by atoms with Gasteiger partial charge in [0.1, 0.15) is 0 Å². The number of para-hydroxylation sites is 1. The lowest BCUT2D eigenvalue weighted by Gasteiger charge is -2.28. The van der Waals surface area contributed by atoms with Gasteiger partial charge in [-0.1, -0.05) is 24.6 Å². The molecule has 118 valence electrons. The maximum absolute atomic E-state index is 12.2. The average molecular weight is 302 g/mol.